The van der Waals surface area contributed by atoms with E-state index < -0.39 is 20.0 Å². The first-order valence-electron chi connectivity index (χ1n) is 29.9. The zero-order chi connectivity index (χ0) is 49.2. The summed E-state index contributed by atoms with van der Waals surface area (Å²) < 4.78 is 23.7. The lowest BCUT2D eigenvalue weighted by atomic mass is 10.0. The Bertz CT molecular complexity index is 1060. The highest BCUT2D eigenvalue weighted by atomic mass is 31.2. The van der Waals surface area contributed by atoms with Crippen LogP contribution in [0.5, 0.6) is 0 Å². The number of quaternary nitrogens is 1. The van der Waals surface area contributed by atoms with Crippen molar-refractivity contribution in [3.05, 3.63) is 0 Å². The Labute approximate surface area is 419 Å². The average Bonchev–Trinajstić information content (AvgIpc) is 3.29. The average molecular weight is 973 g/mol. The molecule has 1 amide bonds. The van der Waals surface area contributed by atoms with E-state index in [1.165, 1.54) is 250 Å². The first-order valence-corrected chi connectivity index (χ1v) is 31.4. The standard InChI is InChI=1S/C58H119N2O6P/c1-6-8-10-12-14-16-18-20-21-22-23-24-25-26-27-28-29-30-31-32-33-34-35-36-37-38-40-42-44-46-48-50-52-58(62)59-56(55-66-67(63,64)65-54-53-60(3,4)5)57(61)51-49-47-45-43-41-39-19-17-15-13-11-9-7-2/h56-57,61H,6-55H2,1-5H3,(H-,59,62,63,64)/p+1/t56-,57+/m0/s1. The Hall–Kier alpha value is -0.500. The van der Waals surface area contributed by atoms with Crippen LogP contribution in [-0.4, -0.2) is 73.4 Å². The number of carbonyl (C=O) groups excluding carboxylic acids is 1. The maximum Gasteiger partial charge on any atom is 0.472 e. The van der Waals surface area contributed by atoms with E-state index in [9.17, 15) is 19.4 Å². The molecule has 1 unspecified atom stereocenters. The van der Waals surface area contributed by atoms with Crippen LogP contribution in [0.25, 0.3) is 0 Å². The van der Waals surface area contributed by atoms with Gasteiger partial charge in [0.2, 0.25) is 5.91 Å². The highest BCUT2D eigenvalue weighted by molar-refractivity contribution is 7.47. The van der Waals surface area contributed by atoms with E-state index >= 15 is 0 Å². The van der Waals surface area contributed by atoms with Gasteiger partial charge < -0.3 is 19.8 Å². The Morgan fingerprint density at radius 1 is 0.448 bits per heavy atom. The van der Waals surface area contributed by atoms with Gasteiger partial charge in [-0.25, -0.2) is 4.57 Å². The normalized spacial score (nSPS) is 13.8. The SMILES string of the molecule is CCCCCCCCCCCCCCCCCCCCCCCCCCCCCCCCCCC(=O)N[C@@H](COP(=O)(O)OCC[N+](C)(C)C)[C@H](O)CCCCCCCCCCCCCCC. The molecule has 402 valence electrons. The van der Waals surface area contributed by atoms with Gasteiger partial charge in [-0.2, -0.15) is 0 Å². The van der Waals surface area contributed by atoms with Gasteiger partial charge in [0.05, 0.1) is 39.9 Å². The number of nitrogens with zero attached hydrogens (tertiary/aromatic N) is 1. The second kappa shape index (κ2) is 50.4. The number of carbonyl (C=O) groups is 1. The molecule has 0 saturated carbocycles. The molecule has 0 radical (unpaired) electrons. The second-order valence-electron chi connectivity index (χ2n) is 22.1. The summed E-state index contributed by atoms with van der Waals surface area (Å²) in [4.78, 5) is 23.3. The van der Waals surface area contributed by atoms with E-state index in [1.54, 1.807) is 0 Å². The van der Waals surface area contributed by atoms with Crippen LogP contribution < -0.4 is 5.32 Å². The molecule has 0 bridgehead atoms. The van der Waals surface area contributed by atoms with Crippen molar-refractivity contribution >= 4 is 13.7 Å². The number of aliphatic hydroxyl groups is 1. The van der Waals surface area contributed by atoms with E-state index in [-0.39, 0.29) is 19.1 Å². The number of aliphatic hydroxyl groups excluding tert-OH is 1. The quantitative estimate of drug-likeness (QED) is 0.0319. The molecule has 0 aliphatic heterocycles. The molecule has 0 aromatic rings. The van der Waals surface area contributed by atoms with E-state index in [4.69, 9.17) is 9.05 Å². The molecule has 0 saturated heterocycles. The highest BCUT2D eigenvalue weighted by Crippen LogP contribution is 2.43. The Kier molecular flexibility index (Phi) is 50.1. The molecular formula is C58H120N2O6P+. The van der Waals surface area contributed by atoms with E-state index in [1.807, 2.05) is 21.1 Å². The summed E-state index contributed by atoms with van der Waals surface area (Å²) in [7, 11) is 1.63. The predicted octanol–water partition coefficient (Wildman–Crippen LogP) is 18.0. The van der Waals surface area contributed by atoms with E-state index in [2.05, 4.69) is 19.2 Å². The van der Waals surface area contributed by atoms with Gasteiger partial charge in [0.15, 0.2) is 0 Å². The van der Waals surface area contributed by atoms with Crippen LogP contribution >= 0.6 is 7.82 Å². The monoisotopic (exact) mass is 972 g/mol. The van der Waals surface area contributed by atoms with Crippen molar-refractivity contribution in [3.8, 4) is 0 Å². The molecule has 67 heavy (non-hydrogen) atoms. The molecule has 3 N–H and O–H groups in total. The fourth-order valence-corrected chi connectivity index (χ4v) is 10.1. The van der Waals surface area contributed by atoms with Gasteiger partial charge in [-0.3, -0.25) is 13.8 Å². The largest absolute Gasteiger partial charge is 0.472 e. The van der Waals surface area contributed by atoms with Crippen LogP contribution in [0.3, 0.4) is 0 Å². The Morgan fingerprint density at radius 3 is 1.00 bits per heavy atom. The fourth-order valence-electron chi connectivity index (χ4n) is 9.40. The predicted molar refractivity (Wildman–Crippen MR) is 291 cm³/mol. The fraction of sp³-hybridized carbons (Fsp3) is 0.983. The summed E-state index contributed by atoms with van der Waals surface area (Å²) in [6.45, 7) is 4.93. The van der Waals surface area contributed by atoms with Crippen molar-refractivity contribution < 1.29 is 32.9 Å². The molecule has 9 heteroatoms. The summed E-state index contributed by atoms with van der Waals surface area (Å²) in [5, 5.41) is 14.0. The number of amides is 1. The molecule has 0 rings (SSSR count). The maximum atomic E-state index is 13.0. The van der Waals surface area contributed by atoms with Crippen molar-refractivity contribution in [3.63, 3.8) is 0 Å². The van der Waals surface area contributed by atoms with Crippen molar-refractivity contribution in [2.75, 3.05) is 40.9 Å². The second-order valence-corrected chi connectivity index (χ2v) is 23.5. The number of nitrogens with one attached hydrogen (secondary N) is 1. The molecule has 8 nitrogen and oxygen atoms in total. The number of likely N-dealkylation sites (N-methyl/N-ethyl adjacent to an activating group) is 1. The molecular weight excluding hydrogens is 852 g/mol. The van der Waals surface area contributed by atoms with Gasteiger partial charge in [-0.15, -0.1) is 0 Å². The molecule has 0 aromatic heterocycles. The van der Waals surface area contributed by atoms with Crippen LogP contribution in [0.2, 0.25) is 0 Å². The zero-order valence-electron chi connectivity index (χ0n) is 45.9. The maximum absolute atomic E-state index is 13.0. The summed E-state index contributed by atoms with van der Waals surface area (Å²) in [6, 6.07) is -0.754. The molecule has 0 fully saturated rings. The molecule has 0 aliphatic rings. The third-order valence-corrected chi connectivity index (χ3v) is 15.1. The lowest BCUT2D eigenvalue weighted by molar-refractivity contribution is -0.870. The Morgan fingerprint density at radius 2 is 0.716 bits per heavy atom. The van der Waals surface area contributed by atoms with Crippen LogP contribution in [0, 0.1) is 0 Å². The molecule has 0 heterocycles. The van der Waals surface area contributed by atoms with Gasteiger partial charge in [0.1, 0.15) is 13.2 Å². The van der Waals surface area contributed by atoms with Crippen molar-refractivity contribution in [1.82, 2.24) is 5.32 Å². The van der Waals surface area contributed by atoms with Crippen LogP contribution in [0.15, 0.2) is 0 Å². The zero-order valence-corrected chi connectivity index (χ0v) is 46.8. The third-order valence-electron chi connectivity index (χ3n) is 14.1. The minimum absolute atomic E-state index is 0.0789. The number of phosphoric ester groups is 1. The highest BCUT2D eigenvalue weighted by Gasteiger charge is 2.28. The summed E-state index contributed by atoms with van der Waals surface area (Å²) in [5.41, 5.74) is 0. The van der Waals surface area contributed by atoms with Crippen molar-refractivity contribution in [2.24, 2.45) is 0 Å². The summed E-state index contributed by atoms with van der Waals surface area (Å²) in [5.74, 6) is -0.137. The van der Waals surface area contributed by atoms with Gasteiger partial charge in [-0.1, -0.05) is 296 Å². The van der Waals surface area contributed by atoms with Crippen molar-refractivity contribution in [2.45, 2.75) is 328 Å². The van der Waals surface area contributed by atoms with Gasteiger partial charge in [0.25, 0.3) is 0 Å². The number of phosphoric acid groups is 1. The third kappa shape index (κ3) is 53.1. The topological polar surface area (TPSA) is 105 Å². The number of rotatable bonds is 56. The molecule has 0 aromatic carbocycles. The molecule has 0 aliphatic carbocycles. The van der Waals surface area contributed by atoms with Gasteiger partial charge in [0, 0.05) is 6.42 Å². The first kappa shape index (κ1) is 66.5. The number of hydrogen-bond acceptors (Lipinski definition) is 5. The lowest BCUT2D eigenvalue weighted by Crippen LogP contribution is -2.46. The first-order chi connectivity index (χ1) is 32.5. The smallest absolute Gasteiger partial charge is 0.391 e. The minimum Gasteiger partial charge on any atom is -0.391 e. The lowest BCUT2D eigenvalue weighted by Gasteiger charge is -2.26. The van der Waals surface area contributed by atoms with Crippen LogP contribution in [0.4, 0.5) is 0 Å². The van der Waals surface area contributed by atoms with Crippen molar-refractivity contribution in [1.29, 1.82) is 0 Å². The van der Waals surface area contributed by atoms with E-state index in [0.717, 1.165) is 38.5 Å². The summed E-state index contributed by atoms with van der Waals surface area (Å²) >= 11 is 0. The molecule has 3 atom stereocenters. The van der Waals surface area contributed by atoms with Crippen LogP contribution in [0.1, 0.15) is 316 Å². The Balaban J connectivity index is 3.92. The van der Waals surface area contributed by atoms with Crippen LogP contribution in [-0.2, 0) is 18.4 Å². The van der Waals surface area contributed by atoms with E-state index in [0.29, 0.717) is 23.9 Å². The minimum atomic E-state index is -4.31. The molecule has 0 spiro atoms. The van der Waals surface area contributed by atoms with Gasteiger partial charge >= 0.3 is 7.82 Å². The number of unbranched alkanes of at least 4 members (excludes halogenated alkanes) is 43. The van der Waals surface area contributed by atoms with Gasteiger partial charge in [-0.05, 0) is 12.8 Å². The number of hydrogen-bond donors (Lipinski definition) is 3. The summed E-state index contributed by atoms with van der Waals surface area (Å²) in [6.07, 6.45) is 60.4.